The molecule has 1 fully saturated rings. The molecule has 1 heterocycles. The number of likely N-dealkylation sites (tertiary alicyclic amines) is 1. The van der Waals surface area contributed by atoms with Gasteiger partial charge in [-0.25, -0.2) is 9.18 Å². The van der Waals surface area contributed by atoms with Gasteiger partial charge >= 0.3 is 13.2 Å². The molecule has 6 nitrogen and oxygen atoms in total. The minimum absolute atomic E-state index is 0.173. The average Bonchev–Trinajstić information content (AvgIpc) is 2.89. The fraction of sp³-hybridized carbons (Fsp3) is 0.562. The van der Waals surface area contributed by atoms with Gasteiger partial charge in [-0.3, -0.25) is 4.90 Å². The molecule has 132 valence electrons. The Balaban J connectivity index is 2.28. The van der Waals surface area contributed by atoms with Gasteiger partial charge in [-0.05, 0) is 32.4 Å². The first-order valence-corrected chi connectivity index (χ1v) is 7.80. The van der Waals surface area contributed by atoms with E-state index in [2.05, 4.69) is 0 Å². The molecule has 0 saturated carbocycles. The van der Waals surface area contributed by atoms with Gasteiger partial charge < -0.3 is 19.5 Å². The Morgan fingerprint density at radius 2 is 2.04 bits per heavy atom. The van der Waals surface area contributed by atoms with Crippen LogP contribution in [-0.4, -0.2) is 53.5 Å². The number of ether oxygens (including phenoxy) is 2. The number of halogens is 1. The molecule has 0 aromatic heterocycles. The maximum atomic E-state index is 14.0. The quantitative estimate of drug-likeness (QED) is 0.809. The Bertz CT molecular complexity index is 605. The summed E-state index contributed by atoms with van der Waals surface area (Å²) in [5.41, 5.74) is -0.283. The highest BCUT2D eigenvalue weighted by molar-refractivity contribution is 6.58. The summed E-state index contributed by atoms with van der Waals surface area (Å²) < 4.78 is 24.8. The lowest BCUT2D eigenvalue weighted by Crippen LogP contribution is -2.37. The first kappa shape index (κ1) is 18.7. The van der Waals surface area contributed by atoms with E-state index in [-0.39, 0.29) is 11.6 Å². The number of nitrogens with zero attached hydrogens (tertiary/aromatic N) is 1. The van der Waals surface area contributed by atoms with Crippen molar-refractivity contribution in [2.45, 2.75) is 44.9 Å². The maximum Gasteiger partial charge on any atom is 0.491 e. The lowest BCUT2D eigenvalue weighted by Gasteiger charge is -2.28. The van der Waals surface area contributed by atoms with Crippen LogP contribution < -0.4 is 5.46 Å². The monoisotopic (exact) mass is 339 g/mol. The summed E-state index contributed by atoms with van der Waals surface area (Å²) in [4.78, 5) is 14.0. The molecule has 1 aromatic carbocycles. The Kier molecular flexibility index (Phi) is 5.52. The van der Waals surface area contributed by atoms with E-state index in [1.165, 1.54) is 17.0 Å². The number of carbonyl (C=O) groups is 1. The van der Waals surface area contributed by atoms with Gasteiger partial charge in [0.05, 0.1) is 18.7 Å². The summed E-state index contributed by atoms with van der Waals surface area (Å²) >= 11 is 0. The van der Waals surface area contributed by atoms with Crippen molar-refractivity contribution in [1.82, 2.24) is 4.90 Å². The van der Waals surface area contributed by atoms with Crippen molar-refractivity contribution < 1.29 is 28.7 Å². The van der Waals surface area contributed by atoms with E-state index < -0.39 is 30.7 Å². The molecule has 0 bridgehead atoms. The third kappa shape index (κ3) is 4.26. The van der Waals surface area contributed by atoms with Crippen molar-refractivity contribution in [3.8, 4) is 0 Å². The van der Waals surface area contributed by atoms with Gasteiger partial charge in [0.15, 0.2) is 0 Å². The number of hydrogen-bond acceptors (Lipinski definition) is 5. The summed E-state index contributed by atoms with van der Waals surface area (Å²) in [6.45, 7) is 5.69. The molecule has 2 N–H and O–H groups in total. The van der Waals surface area contributed by atoms with E-state index in [9.17, 15) is 9.18 Å². The molecule has 1 aliphatic rings. The Hall–Kier alpha value is -1.64. The van der Waals surface area contributed by atoms with Crippen molar-refractivity contribution in [3.63, 3.8) is 0 Å². The van der Waals surface area contributed by atoms with Crippen LogP contribution in [0.1, 0.15) is 38.8 Å². The van der Waals surface area contributed by atoms with Crippen LogP contribution in [-0.2, 0) is 9.47 Å². The van der Waals surface area contributed by atoms with Gasteiger partial charge in [0, 0.05) is 19.0 Å². The smallest absolute Gasteiger partial charge is 0.444 e. The molecule has 0 unspecified atom stereocenters. The van der Waals surface area contributed by atoms with Gasteiger partial charge in [0.2, 0.25) is 0 Å². The highest BCUT2D eigenvalue weighted by Gasteiger charge is 2.39. The van der Waals surface area contributed by atoms with Crippen LogP contribution in [0.2, 0.25) is 0 Å². The van der Waals surface area contributed by atoms with Gasteiger partial charge in [0.25, 0.3) is 0 Å². The molecule has 1 amide bonds. The van der Waals surface area contributed by atoms with Crippen LogP contribution in [0.3, 0.4) is 0 Å². The zero-order valence-corrected chi connectivity index (χ0v) is 14.3. The van der Waals surface area contributed by atoms with E-state index in [1.54, 1.807) is 33.9 Å². The topological polar surface area (TPSA) is 79.2 Å². The van der Waals surface area contributed by atoms with Gasteiger partial charge in [-0.15, -0.1) is 0 Å². The standard InChI is InChI=1S/C16H23BFNO5/c1-16(2,3)24-15(20)19-9-11(23-4)8-14(19)10-5-6-12(17(21)22)13(18)7-10/h5-7,11,14,21-22H,8-9H2,1-4H3/t11-,14-/m1/s1. The van der Waals surface area contributed by atoms with Crippen LogP contribution in [0.15, 0.2) is 18.2 Å². The second-order valence-corrected chi connectivity index (χ2v) is 6.90. The summed E-state index contributed by atoms with van der Waals surface area (Å²) in [5.74, 6) is -0.729. The first-order valence-electron chi connectivity index (χ1n) is 7.80. The number of rotatable bonds is 3. The van der Waals surface area contributed by atoms with E-state index >= 15 is 0 Å². The third-order valence-corrected chi connectivity index (χ3v) is 3.91. The van der Waals surface area contributed by atoms with Crippen LogP contribution >= 0.6 is 0 Å². The molecule has 2 rings (SSSR count). The van der Waals surface area contributed by atoms with Gasteiger partial charge in [-0.2, -0.15) is 0 Å². The normalized spacial score (nSPS) is 21.0. The highest BCUT2D eigenvalue weighted by atomic mass is 19.1. The SMILES string of the molecule is CO[C@@H]1C[C@H](c2ccc(B(O)O)c(F)c2)N(C(=O)OC(C)(C)C)C1. The van der Waals surface area contributed by atoms with Crippen molar-refractivity contribution >= 4 is 18.7 Å². The second kappa shape index (κ2) is 7.08. The number of methoxy groups -OCH3 is 1. The van der Waals surface area contributed by atoms with E-state index in [0.29, 0.717) is 18.5 Å². The fourth-order valence-corrected chi connectivity index (χ4v) is 2.77. The second-order valence-electron chi connectivity index (χ2n) is 6.90. The predicted octanol–water partition coefficient (Wildman–Crippen LogP) is 1.20. The Morgan fingerprint density at radius 3 is 2.54 bits per heavy atom. The van der Waals surface area contributed by atoms with Crippen LogP contribution in [0, 0.1) is 5.82 Å². The zero-order chi connectivity index (χ0) is 18.1. The van der Waals surface area contributed by atoms with E-state index in [1.807, 2.05) is 0 Å². The van der Waals surface area contributed by atoms with Crippen molar-refractivity contribution in [2.75, 3.05) is 13.7 Å². The zero-order valence-electron chi connectivity index (χ0n) is 14.3. The fourth-order valence-electron chi connectivity index (χ4n) is 2.77. The molecule has 1 aliphatic heterocycles. The number of amides is 1. The van der Waals surface area contributed by atoms with Crippen molar-refractivity contribution in [2.24, 2.45) is 0 Å². The minimum atomic E-state index is -1.88. The van der Waals surface area contributed by atoms with Crippen molar-refractivity contribution in [3.05, 3.63) is 29.6 Å². The largest absolute Gasteiger partial charge is 0.491 e. The molecule has 1 saturated heterocycles. The van der Waals surface area contributed by atoms with Crippen molar-refractivity contribution in [1.29, 1.82) is 0 Å². The molecule has 0 radical (unpaired) electrons. The molecule has 0 spiro atoms. The number of hydrogen-bond donors (Lipinski definition) is 2. The minimum Gasteiger partial charge on any atom is -0.444 e. The summed E-state index contributed by atoms with van der Waals surface area (Å²) in [6, 6.07) is 3.71. The maximum absolute atomic E-state index is 14.0. The summed E-state index contributed by atoms with van der Waals surface area (Å²) in [5, 5.41) is 18.2. The van der Waals surface area contributed by atoms with Gasteiger partial charge in [0.1, 0.15) is 11.4 Å². The first-order chi connectivity index (χ1) is 11.1. The number of carbonyl (C=O) groups excluding carboxylic acids is 1. The van der Waals surface area contributed by atoms with Gasteiger partial charge in [-0.1, -0.05) is 12.1 Å². The van der Waals surface area contributed by atoms with E-state index in [4.69, 9.17) is 19.5 Å². The molecule has 8 heteroatoms. The van der Waals surface area contributed by atoms with Crippen LogP contribution in [0.4, 0.5) is 9.18 Å². The molecular formula is C16H23BFNO5. The highest BCUT2D eigenvalue weighted by Crippen LogP contribution is 2.34. The molecule has 24 heavy (non-hydrogen) atoms. The summed E-state index contributed by atoms with van der Waals surface area (Å²) in [7, 11) is -0.317. The van der Waals surface area contributed by atoms with Crippen LogP contribution in [0.25, 0.3) is 0 Å². The van der Waals surface area contributed by atoms with E-state index in [0.717, 1.165) is 0 Å². The molecule has 0 aliphatic carbocycles. The Labute approximate surface area is 141 Å². The molecule has 1 aromatic rings. The lowest BCUT2D eigenvalue weighted by atomic mass is 9.79. The van der Waals surface area contributed by atoms with Crippen LogP contribution in [0.5, 0.6) is 0 Å². The Morgan fingerprint density at radius 1 is 1.38 bits per heavy atom. The average molecular weight is 339 g/mol. The molecule has 2 atom stereocenters. The third-order valence-electron chi connectivity index (χ3n) is 3.91. The summed E-state index contributed by atoms with van der Waals surface area (Å²) in [6.07, 6.45) is -0.150. The molecular weight excluding hydrogens is 316 g/mol. The lowest BCUT2D eigenvalue weighted by molar-refractivity contribution is 0.0194. The predicted molar refractivity (Wildman–Crippen MR) is 87.3 cm³/mol. The number of benzene rings is 1.